The molecule has 9 heavy (non-hydrogen) atoms. The Kier molecular flexibility index (Phi) is 1.39. The molecule has 0 bridgehead atoms. The highest BCUT2D eigenvalue weighted by molar-refractivity contribution is 6.70. The van der Waals surface area contributed by atoms with Gasteiger partial charge in [0.2, 0.25) is 3.79 Å². The largest absolute Gasteiger partial charge is 0.440 e. The van der Waals surface area contributed by atoms with Crippen LogP contribution in [-0.4, -0.2) is 15.4 Å². The maximum atomic E-state index is 10.4. The van der Waals surface area contributed by atoms with Crippen molar-refractivity contribution >= 4 is 40.8 Å². The quantitative estimate of drug-likeness (QED) is 0.428. The van der Waals surface area contributed by atoms with Gasteiger partial charge in [0.25, 0.3) is 5.60 Å². The second-order valence-electron chi connectivity index (χ2n) is 1.92. The summed E-state index contributed by atoms with van der Waals surface area (Å²) in [4.78, 5) is 10.4. The molecular weight excluding hydrogens is 186 g/mol. The molecule has 1 heterocycles. The van der Waals surface area contributed by atoms with Crippen LogP contribution in [0.4, 0.5) is 0 Å². The van der Waals surface area contributed by atoms with Crippen LogP contribution in [0.2, 0.25) is 0 Å². The van der Waals surface area contributed by atoms with E-state index < -0.39 is 15.4 Å². The van der Waals surface area contributed by atoms with Gasteiger partial charge in [-0.25, -0.2) is 4.79 Å². The summed E-state index contributed by atoms with van der Waals surface area (Å²) >= 11 is 16.1. The van der Waals surface area contributed by atoms with Gasteiger partial charge >= 0.3 is 5.97 Å². The summed E-state index contributed by atoms with van der Waals surface area (Å²) in [5, 5.41) is 0. The number of rotatable bonds is 0. The molecule has 1 unspecified atom stereocenters. The summed E-state index contributed by atoms with van der Waals surface area (Å²) in [5.41, 5.74) is -1.20. The van der Waals surface area contributed by atoms with Crippen LogP contribution in [-0.2, 0) is 9.53 Å². The Balaban J connectivity index is 2.76. The average Bonchev–Trinajstić information content (AvgIpc) is 2.13. The van der Waals surface area contributed by atoms with Crippen molar-refractivity contribution in [2.24, 2.45) is 0 Å². The lowest BCUT2D eigenvalue weighted by Gasteiger charge is -2.10. The van der Waals surface area contributed by atoms with Gasteiger partial charge in [-0.1, -0.05) is 34.8 Å². The van der Waals surface area contributed by atoms with Gasteiger partial charge in [0.05, 0.1) is 0 Å². The van der Waals surface area contributed by atoms with Gasteiger partial charge in [-0.05, 0) is 6.92 Å². The van der Waals surface area contributed by atoms with Crippen molar-refractivity contribution in [2.75, 3.05) is 0 Å². The highest BCUT2D eigenvalue weighted by Crippen LogP contribution is 2.49. The number of ether oxygens (including phenoxy) is 1. The van der Waals surface area contributed by atoms with E-state index in [0.717, 1.165) is 0 Å². The first-order valence-corrected chi connectivity index (χ1v) is 3.31. The molecule has 0 aromatic carbocycles. The van der Waals surface area contributed by atoms with Crippen LogP contribution in [0.3, 0.4) is 0 Å². The van der Waals surface area contributed by atoms with E-state index in [1.54, 1.807) is 0 Å². The summed E-state index contributed by atoms with van der Waals surface area (Å²) < 4.78 is 2.80. The van der Waals surface area contributed by atoms with Crippen LogP contribution < -0.4 is 0 Å². The highest BCUT2D eigenvalue weighted by atomic mass is 35.6. The van der Waals surface area contributed by atoms with E-state index >= 15 is 0 Å². The van der Waals surface area contributed by atoms with E-state index in [-0.39, 0.29) is 0 Å². The maximum absolute atomic E-state index is 10.4. The van der Waals surface area contributed by atoms with E-state index in [1.165, 1.54) is 6.92 Å². The molecule has 52 valence electrons. The van der Waals surface area contributed by atoms with E-state index in [4.69, 9.17) is 34.8 Å². The maximum Gasteiger partial charge on any atom is 0.356 e. The minimum atomic E-state index is -1.63. The Morgan fingerprint density at radius 2 is 1.89 bits per heavy atom. The molecule has 1 fully saturated rings. The van der Waals surface area contributed by atoms with Gasteiger partial charge in [0, 0.05) is 0 Å². The summed E-state index contributed by atoms with van der Waals surface area (Å²) in [6.07, 6.45) is 0. The topological polar surface area (TPSA) is 29.6 Å². The molecule has 0 N–H and O–H groups in total. The average molecular weight is 189 g/mol. The first-order chi connectivity index (χ1) is 3.88. The van der Waals surface area contributed by atoms with Gasteiger partial charge in [0.15, 0.2) is 0 Å². The van der Waals surface area contributed by atoms with Crippen molar-refractivity contribution in [2.45, 2.75) is 16.3 Å². The number of carbonyl (C=O) groups excluding carboxylic acids is 1. The van der Waals surface area contributed by atoms with Crippen molar-refractivity contribution in [3.05, 3.63) is 0 Å². The number of carbonyl (C=O) groups is 1. The number of hydrogen-bond donors (Lipinski definition) is 0. The molecular formula is C4H3Cl3O2. The molecule has 0 aliphatic carbocycles. The van der Waals surface area contributed by atoms with Gasteiger partial charge in [-0.15, -0.1) is 0 Å². The summed E-state index contributed by atoms with van der Waals surface area (Å²) in [5.74, 6) is -0.470. The predicted molar refractivity (Wildman–Crippen MR) is 34.8 cm³/mol. The lowest BCUT2D eigenvalue weighted by atomic mass is 10.2. The van der Waals surface area contributed by atoms with Crippen molar-refractivity contribution in [1.29, 1.82) is 0 Å². The number of hydrogen-bond acceptors (Lipinski definition) is 2. The molecule has 0 saturated carbocycles. The van der Waals surface area contributed by atoms with E-state index in [0.29, 0.717) is 0 Å². The molecule has 1 aliphatic heterocycles. The molecule has 2 nitrogen and oxygen atoms in total. The third-order valence-electron chi connectivity index (χ3n) is 1.19. The van der Waals surface area contributed by atoms with Crippen molar-refractivity contribution in [3.63, 3.8) is 0 Å². The number of alkyl halides is 3. The second-order valence-corrected chi connectivity index (χ2v) is 4.20. The van der Waals surface area contributed by atoms with Crippen LogP contribution in [0.1, 0.15) is 6.92 Å². The summed E-state index contributed by atoms with van der Waals surface area (Å²) in [6, 6.07) is 0. The molecule has 0 spiro atoms. The van der Waals surface area contributed by atoms with E-state index in [1.807, 2.05) is 0 Å². The molecule has 5 heteroatoms. The summed E-state index contributed by atoms with van der Waals surface area (Å²) in [6.45, 7) is 1.43. The number of epoxide rings is 1. The smallest absolute Gasteiger partial charge is 0.356 e. The Morgan fingerprint density at radius 1 is 1.56 bits per heavy atom. The fourth-order valence-corrected chi connectivity index (χ4v) is 0.681. The van der Waals surface area contributed by atoms with Gasteiger partial charge in [-0.2, -0.15) is 0 Å². The van der Waals surface area contributed by atoms with Crippen LogP contribution in [0, 0.1) is 0 Å². The summed E-state index contributed by atoms with van der Waals surface area (Å²) in [7, 11) is 0. The monoisotopic (exact) mass is 188 g/mol. The van der Waals surface area contributed by atoms with Crippen LogP contribution in [0.25, 0.3) is 0 Å². The molecule has 0 aromatic heterocycles. The Labute approximate surface area is 67.0 Å². The molecule has 1 saturated heterocycles. The standard InChI is InChI=1S/C4H3Cl3O2/c1-3(2(8)9-3)4(5,6)7/h1H3. The Hall–Kier alpha value is 0.340. The molecule has 1 rings (SSSR count). The van der Waals surface area contributed by atoms with Crippen molar-refractivity contribution in [3.8, 4) is 0 Å². The van der Waals surface area contributed by atoms with Crippen molar-refractivity contribution in [1.82, 2.24) is 0 Å². The van der Waals surface area contributed by atoms with Crippen LogP contribution >= 0.6 is 34.8 Å². The first-order valence-electron chi connectivity index (χ1n) is 2.18. The Bertz CT molecular complexity index is 162. The SMILES string of the molecule is CC1(C(Cl)(Cl)Cl)OC1=O. The third-order valence-corrected chi connectivity index (χ3v) is 2.27. The minimum absolute atomic E-state index is 0.470. The fraction of sp³-hybridized carbons (Fsp3) is 0.750. The lowest BCUT2D eigenvalue weighted by Crippen LogP contribution is -2.26. The fourth-order valence-electron chi connectivity index (χ4n) is 0.333. The zero-order valence-electron chi connectivity index (χ0n) is 4.45. The number of halogens is 3. The normalized spacial score (nSPS) is 34.0. The predicted octanol–water partition coefficient (Wildman–Crippen LogP) is 1.67. The van der Waals surface area contributed by atoms with E-state index in [2.05, 4.69) is 4.74 Å². The zero-order chi connectivity index (χ0) is 7.28. The molecule has 0 aromatic rings. The first kappa shape index (κ1) is 7.45. The van der Waals surface area contributed by atoms with Gasteiger partial charge < -0.3 is 4.74 Å². The van der Waals surface area contributed by atoms with E-state index in [9.17, 15) is 4.79 Å². The Morgan fingerprint density at radius 3 is 1.89 bits per heavy atom. The van der Waals surface area contributed by atoms with Crippen LogP contribution in [0.15, 0.2) is 0 Å². The third kappa shape index (κ3) is 0.997. The molecule has 1 aliphatic rings. The molecule has 1 atom stereocenters. The minimum Gasteiger partial charge on any atom is -0.440 e. The highest BCUT2D eigenvalue weighted by Gasteiger charge is 2.67. The molecule has 0 amide bonds. The number of cyclic esters (lactones) is 1. The van der Waals surface area contributed by atoms with Gasteiger partial charge in [0.1, 0.15) is 0 Å². The van der Waals surface area contributed by atoms with Crippen molar-refractivity contribution < 1.29 is 9.53 Å². The van der Waals surface area contributed by atoms with Crippen LogP contribution in [0.5, 0.6) is 0 Å². The van der Waals surface area contributed by atoms with Gasteiger partial charge in [-0.3, -0.25) is 0 Å². The molecule has 0 radical (unpaired) electrons. The lowest BCUT2D eigenvalue weighted by molar-refractivity contribution is -0.117. The zero-order valence-corrected chi connectivity index (χ0v) is 6.72. The second kappa shape index (κ2) is 1.68.